The fourth-order valence-electron chi connectivity index (χ4n) is 3.07. The zero-order valence-corrected chi connectivity index (χ0v) is 15.4. The molecular weight excluding hydrogens is 339 g/mol. The molecular formula is C23H23FN2O. The third kappa shape index (κ3) is 4.60. The average Bonchev–Trinajstić information content (AvgIpc) is 2.69. The van der Waals surface area contributed by atoms with Gasteiger partial charge >= 0.3 is 0 Å². The second-order valence-electron chi connectivity index (χ2n) is 6.53. The van der Waals surface area contributed by atoms with E-state index >= 15 is 0 Å². The Labute approximate surface area is 159 Å². The van der Waals surface area contributed by atoms with Crippen molar-refractivity contribution in [1.82, 2.24) is 5.32 Å². The fraction of sp³-hybridized carbons (Fsp3) is 0.174. The van der Waals surface area contributed by atoms with Gasteiger partial charge in [0.2, 0.25) is 5.91 Å². The van der Waals surface area contributed by atoms with Gasteiger partial charge in [-0.1, -0.05) is 66.7 Å². The van der Waals surface area contributed by atoms with Crippen molar-refractivity contribution in [2.75, 3.05) is 5.32 Å². The lowest BCUT2D eigenvalue weighted by atomic mass is 10.0. The summed E-state index contributed by atoms with van der Waals surface area (Å²) >= 11 is 0. The molecule has 0 aliphatic rings. The maximum absolute atomic E-state index is 13.9. The molecule has 27 heavy (non-hydrogen) atoms. The largest absolute Gasteiger partial charge is 0.324 e. The Morgan fingerprint density at radius 3 is 2.22 bits per heavy atom. The molecule has 0 aliphatic carbocycles. The van der Waals surface area contributed by atoms with Gasteiger partial charge in [-0.05, 0) is 31.5 Å². The minimum atomic E-state index is -0.483. The van der Waals surface area contributed by atoms with Crippen molar-refractivity contribution in [2.24, 2.45) is 0 Å². The summed E-state index contributed by atoms with van der Waals surface area (Å²) in [7, 11) is 0. The first-order valence-corrected chi connectivity index (χ1v) is 9.02. The SMILES string of the molecule is CC(NC(C)c1ccccc1F)C(=O)Nc1ccccc1-c1ccccc1. The van der Waals surface area contributed by atoms with E-state index in [2.05, 4.69) is 10.6 Å². The fourth-order valence-corrected chi connectivity index (χ4v) is 3.07. The Morgan fingerprint density at radius 1 is 0.852 bits per heavy atom. The maximum Gasteiger partial charge on any atom is 0.241 e. The zero-order chi connectivity index (χ0) is 19.2. The molecule has 3 aromatic rings. The zero-order valence-electron chi connectivity index (χ0n) is 15.4. The van der Waals surface area contributed by atoms with Crippen molar-refractivity contribution in [1.29, 1.82) is 0 Å². The molecule has 0 spiro atoms. The highest BCUT2D eigenvalue weighted by Crippen LogP contribution is 2.27. The molecule has 0 bridgehead atoms. The maximum atomic E-state index is 13.9. The third-order valence-electron chi connectivity index (χ3n) is 4.53. The van der Waals surface area contributed by atoms with Crippen molar-refractivity contribution in [3.8, 4) is 11.1 Å². The summed E-state index contributed by atoms with van der Waals surface area (Å²) in [5, 5.41) is 6.15. The van der Waals surface area contributed by atoms with Crippen LogP contribution in [0.2, 0.25) is 0 Å². The number of carbonyl (C=O) groups is 1. The molecule has 0 radical (unpaired) electrons. The minimum Gasteiger partial charge on any atom is -0.324 e. The van der Waals surface area contributed by atoms with Gasteiger partial charge in [0.25, 0.3) is 0 Å². The normalized spacial score (nSPS) is 13.0. The highest BCUT2D eigenvalue weighted by Gasteiger charge is 2.19. The van der Waals surface area contributed by atoms with Crippen molar-refractivity contribution >= 4 is 11.6 Å². The summed E-state index contributed by atoms with van der Waals surface area (Å²) in [5.41, 5.74) is 3.29. The van der Waals surface area contributed by atoms with Gasteiger partial charge < -0.3 is 5.32 Å². The van der Waals surface area contributed by atoms with Gasteiger partial charge in [-0.3, -0.25) is 10.1 Å². The van der Waals surface area contributed by atoms with E-state index in [0.717, 1.165) is 16.8 Å². The molecule has 3 rings (SSSR count). The molecule has 0 heterocycles. The van der Waals surface area contributed by atoms with Crippen LogP contribution in [0.15, 0.2) is 78.9 Å². The van der Waals surface area contributed by atoms with E-state index in [-0.39, 0.29) is 17.8 Å². The van der Waals surface area contributed by atoms with E-state index in [1.807, 2.05) is 61.5 Å². The molecule has 0 fully saturated rings. The lowest BCUT2D eigenvalue weighted by Gasteiger charge is -2.21. The number of rotatable bonds is 6. The van der Waals surface area contributed by atoms with Crippen molar-refractivity contribution < 1.29 is 9.18 Å². The Morgan fingerprint density at radius 2 is 1.48 bits per heavy atom. The van der Waals surface area contributed by atoms with Crippen LogP contribution in [0, 0.1) is 5.82 Å². The van der Waals surface area contributed by atoms with Gasteiger partial charge in [0, 0.05) is 22.9 Å². The first-order chi connectivity index (χ1) is 13.1. The highest BCUT2D eigenvalue weighted by atomic mass is 19.1. The second-order valence-corrected chi connectivity index (χ2v) is 6.53. The molecule has 0 aromatic heterocycles. The van der Waals surface area contributed by atoms with Gasteiger partial charge in [0.15, 0.2) is 0 Å². The second kappa shape index (κ2) is 8.60. The van der Waals surface area contributed by atoms with Gasteiger partial charge in [0.05, 0.1) is 6.04 Å². The summed E-state index contributed by atoms with van der Waals surface area (Å²) in [5.74, 6) is -0.443. The standard InChI is InChI=1S/C23H23FN2O/c1-16(19-12-6-8-14-21(19)24)25-17(2)23(27)26-22-15-9-7-13-20(22)18-10-4-3-5-11-18/h3-17,25H,1-2H3,(H,26,27). The third-order valence-corrected chi connectivity index (χ3v) is 4.53. The molecule has 0 saturated heterocycles. The highest BCUT2D eigenvalue weighted by molar-refractivity contribution is 5.98. The van der Waals surface area contributed by atoms with Gasteiger partial charge in [-0.25, -0.2) is 4.39 Å². The van der Waals surface area contributed by atoms with Crippen LogP contribution >= 0.6 is 0 Å². The van der Waals surface area contributed by atoms with Crippen molar-refractivity contribution in [3.63, 3.8) is 0 Å². The number of carbonyl (C=O) groups excluding carboxylic acids is 1. The van der Waals surface area contributed by atoms with Crippen LogP contribution in [-0.2, 0) is 4.79 Å². The number of para-hydroxylation sites is 1. The summed E-state index contributed by atoms with van der Waals surface area (Å²) in [4.78, 5) is 12.7. The van der Waals surface area contributed by atoms with Gasteiger partial charge in [-0.15, -0.1) is 0 Å². The molecule has 3 nitrogen and oxygen atoms in total. The number of anilines is 1. The van der Waals surface area contributed by atoms with Crippen molar-refractivity contribution in [2.45, 2.75) is 25.9 Å². The van der Waals surface area contributed by atoms with Crippen LogP contribution in [0.3, 0.4) is 0 Å². The molecule has 2 atom stereocenters. The summed E-state index contributed by atoms with van der Waals surface area (Å²) in [6, 6.07) is 23.4. The van der Waals surface area contributed by atoms with Crippen LogP contribution in [0.25, 0.3) is 11.1 Å². The molecule has 2 unspecified atom stereocenters. The molecule has 0 aliphatic heterocycles. The predicted molar refractivity (Wildman–Crippen MR) is 108 cm³/mol. The monoisotopic (exact) mass is 362 g/mol. The van der Waals surface area contributed by atoms with E-state index in [4.69, 9.17) is 0 Å². The smallest absolute Gasteiger partial charge is 0.241 e. The Balaban J connectivity index is 1.72. The van der Waals surface area contributed by atoms with E-state index in [0.29, 0.717) is 5.56 Å². The topological polar surface area (TPSA) is 41.1 Å². The number of hydrogen-bond acceptors (Lipinski definition) is 2. The number of halogens is 1. The molecule has 2 N–H and O–H groups in total. The Hall–Kier alpha value is -2.98. The van der Waals surface area contributed by atoms with E-state index in [1.165, 1.54) is 6.07 Å². The predicted octanol–water partition coefficient (Wildman–Crippen LogP) is 5.17. The van der Waals surface area contributed by atoms with Gasteiger partial charge in [-0.2, -0.15) is 0 Å². The first-order valence-electron chi connectivity index (χ1n) is 9.02. The summed E-state index contributed by atoms with van der Waals surface area (Å²) in [6.45, 7) is 3.62. The van der Waals surface area contributed by atoms with Crippen LogP contribution in [0.4, 0.5) is 10.1 Å². The first kappa shape index (κ1) is 18.8. The molecule has 3 aromatic carbocycles. The van der Waals surface area contributed by atoms with Crippen LogP contribution in [0.5, 0.6) is 0 Å². The van der Waals surface area contributed by atoms with Crippen molar-refractivity contribution in [3.05, 3.63) is 90.2 Å². The number of hydrogen-bond donors (Lipinski definition) is 2. The summed E-state index contributed by atoms with van der Waals surface area (Å²) < 4.78 is 13.9. The average molecular weight is 362 g/mol. The lowest BCUT2D eigenvalue weighted by Crippen LogP contribution is -2.39. The summed E-state index contributed by atoms with van der Waals surface area (Å²) in [6.07, 6.45) is 0. The van der Waals surface area contributed by atoms with Gasteiger partial charge in [0.1, 0.15) is 5.82 Å². The van der Waals surface area contributed by atoms with Crippen LogP contribution < -0.4 is 10.6 Å². The number of amides is 1. The minimum absolute atomic E-state index is 0.165. The molecule has 1 amide bonds. The van der Waals surface area contributed by atoms with Crippen LogP contribution in [-0.4, -0.2) is 11.9 Å². The quantitative estimate of drug-likeness (QED) is 0.635. The Kier molecular flexibility index (Phi) is 5.99. The number of benzene rings is 3. The Bertz CT molecular complexity index is 911. The number of nitrogens with one attached hydrogen (secondary N) is 2. The van der Waals surface area contributed by atoms with E-state index in [1.54, 1.807) is 25.1 Å². The molecule has 4 heteroatoms. The van der Waals surface area contributed by atoms with E-state index in [9.17, 15) is 9.18 Å². The molecule has 0 saturated carbocycles. The van der Waals surface area contributed by atoms with E-state index < -0.39 is 6.04 Å². The molecule has 138 valence electrons. The lowest BCUT2D eigenvalue weighted by molar-refractivity contribution is -0.117. The van der Waals surface area contributed by atoms with Crippen LogP contribution in [0.1, 0.15) is 25.5 Å².